The number of rotatable bonds is 3. The molecule has 0 aromatic heterocycles. The summed E-state index contributed by atoms with van der Waals surface area (Å²) in [6.45, 7) is 0.487. The molecule has 1 rings (SSSR count). The van der Waals surface area contributed by atoms with Crippen molar-refractivity contribution in [2.45, 2.75) is 13.2 Å². The maximum Gasteiger partial charge on any atom is 0.314 e. The Hall–Kier alpha value is -1.55. The number of aliphatic hydroxyl groups excluding tert-OH is 1. The highest BCUT2D eigenvalue weighted by atomic mass is 16.3. The van der Waals surface area contributed by atoms with E-state index in [-0.39, 0.29) is 12.6 Å². The van der Waals surface area contributed by atoms with Gasteiger partial charge in [0.1, 0.15) is 0 Å². The molecule has 0 saturated heterocycles. The van der Waals surface area contributed by atoms with Crippen molar-refractivity contribution in [3.63, 3.8) is 0 Å². The van der Waals surface area contributed by atoms with Crippen molar-refractivity contribution in [1.29, 1.82) is 0 Å². The summed E-state index contributed by atoms with van der Waals surface area (Å²) in [6.07, 6.45) is 0. The van der Waals surface area contributed by atoms with Gasteiger partial charge in [-0.05, 0) is 11.1 Å². The number of aliphatic hydroxyl groups is 1. The third-order valence-electron chi connectivity index (χ3n) is 1.85. The predicted molar refractivity (Wildman–Crippen MR) is 53.7 cm³/mol. The molecule has 0 atom stereocenters. The van der Waals surface area contributed by atoms with Crippen molar-refractivity contribution >= 4 is 6.03 Å². The SMILES string of the molecule is CNC(=O)NCc1cccc(CO)c1. The van der Waals surface area contributed by atoms with E-state index in [2.05, 4.69) is 10.6 Å². The van der Waals surface area contributed by atoms with E-state index in [0.29, 0.717) is 6.54 Å². The second kappa shape index (κ2) is 5.24. The average Bonchev–Trinajstić information content (AvgIpc) is 2.26. The van der Waals surface area contributed by atoms with Gasteiger partial charge in [-0.15, -0.1) is 0 Å². The van der Waals surface area contributed by atoms with Gasteiger partial charge < -0.3 is 15.7 Å². The molecule has 1 aromatic carbocycles. The van der Waals surface area contributed by atoms with Crippen molar-refractivity contribution in [2.24, 2.45) is 0 Å². The molecule has 0 spiro atoms. The molecule has 14 heavy (non-hydrogen) atoms. The van der Waals surface area contributed by atoms with Gasteiger partial charge in [-0.2, -0.15) is 0 Å². The molecule has 3 N–H and O–H groups in total. The summed E-state index contributed by atoms with van der Waals surface area (Å²) in [4.78, 5) is 10.9. The maximum atomic E-state index is 10.9. The van der Waals surface area contributed by atoms with Crippen molar-refractivity contribution in [2.75, 3.05) is 7.05 Å². The summed E-state index contributed by atoms with van der Waals surface area (Å²) in [6, 6.07) is 7.24. The first-order chi connectivity index (χ1) is 6.76. The molecule has 1 aromatic rings. The summed E-state index contributed by atoms with van der Waals surface area (Å²) < 4.78 is 0. The highest BCUT2D eigenvalue weighted by molar-refractivity contribution is 5.73. The zero-order valence-corrected chi connectivity index (χ0v) is 8.08. The highest BCUT2D eigenvalue weighted by Crippen LogP contribution is 2.04. The van der Waals surface area contributed by atoms with Crippen LogP contribution in [-0.2, 0) is 13.2 Å². The van der Waals surface area contributed by atoms with Gasteiger partial charge in [0.05, 0.1) is 6.61 Å². The average molecular weight is 194 g/mol. The van der Waals surface area contributed by atoms with E-state index in [1.54, 1.807) is 7.05 Å². The minimum atomic E-state index is -0.209. The van der Waals surface area contributed by atoms with Crippen LogP contribution in [0.4, 0.5) is 4.79 Å². The third kappa shape index (κ3) is 3.06. The number of carbonyl (C=O) groups excluding carboxylic acids is 1. The molecule has 4 heteroatoms. The van der Waals surface area contributed by atoms with Crippen molar-refractivity contribution in [3.05, 3.63) is 35.4 Å². The molecule has 0 fully saturated rings. The molecule has 0 heterocycles. The van der Waals surface area contributed by atoms with E-state index in [1.165, 1.54) is 0 Å². The topological polar surface area (TPSA) is 61.4 Å². The van der Waals surface area contributed by atoms with Gasteiger partial charge in [0, 0.05) is 13.6 Å². The van der Waals surface area contributed by atoms with Crippen molar-refractivity contribution in [3.8, 4) is 0 Å². The fourth-order valence-electron chi connectivity index (χ4n) is 1.11. The van der Waals surface area contributed by atoms with E-state index < -0.39 is 0 Å². The standard InChI is InChI=1S/C10H14N2O2/c1-11-10(14)12-6-8-3-2-4-9(5-8)7-13/h2-5,13H,6-7H2,1H3,(H2,11,12,14). The molecule has 0 saturated carbocycles. The molecule has 0 aliphatic carbocycles. The fraction of sp³-hybridized carbons (Fsp3) is 0.300. The van der Waals surface area contributed by atoms with E-state index in [9.17, 15) is 4.79 Å². The van der Waals surface area contributed by atoms with Crippen LogP contribution in [0.1, 0.15) is 11.1 Å². The molecule has 4 nitrogen and oxygen atoms in total. The molecular formula is C10H14N2O2. The summed E-state index contributed by atoms with van der Waals surface area (Å²) in [5, 5.41) is 14.0. The van der Waals surface area contributed by atoms with Crippen LogP contribution in [0, 0.1) is 0 Å². The minimum Gasteiger partial charge on any atom is -0.392 e. The number of amides is 2. The van der Waals surface area contributed by atoms with Crippen molar-refractivity contribution < 1.29 is 9.90 Å². The van der Waals surface area contributed by atoms with Gasteiger partial charge >= 0.3 is 6.03 Å². The lowest BCUT2D eigenvalue weighted by Crippen LogP contribution is -2.32. The second-order valence-corrected chi connectivity index (χ2v) is 2.91. The zero-order chi connectivity index (χ0) is 10.4. The number of hydrogen-bond donors (Lipinski definition) is 3. The van der Waals surface area contributed by atoms with E-state index in [0.717, 1.165) is 11.1 Å². The number of benzene rings is 1. The zero-order valence-electron chi connectivity index (χ0n) is 8.08. The molecule has 0 bridgehead atoms. The molecule has 76 valence electrons. The highest BCUT2D eigenvalue weighted by Gasteiger charge is 1.97. The lowest BCUT2D eigenvalue weighted by Gasteiger charge is -2.05. The first-order valence-corrected chi connectivity index (χ1v) is 4.40. The molecule has 0 unspecified atom stereocenters. The summed E-state index contributed by atoms with van der Waals surface area (Å²) in [5.41, 5.74) is 1.82. The quantitative estimate of drug-likeness (QED) is 0.660. The van der Waals surface area contributed by atoms with Crippen LogP contribution in [0.15, 0.2) is 24.3 Å². The maximum absolute atomic E-state index is 10.9. The minimum absolute atomic E-state index is 0.0216. The summed E-state index contributed by atoms with van der Waals surface area (Å²) in [7, 11) is 1.57. The Morgan fingerprint density at radius 3 is 2.79 bits per heavy atom. The van der Waals surface area contributed by atoms with Gasteiger partial charge in [-0.3, -0.25) is 0 Å². The molecule has 0 radical (unpaired) electrons. The normalized spacial score (nSPS) is 9.57. The van der Waals surface area contributed by atoms with Crippen LogP contribution in [0.3, 0.4) is 0 Å². The van der Waals surface area contributed by atoms with Gasteiger partial charge in [0.2, 0.25) is 0 Å². The Morgan fingerprint density at radius 2 is 2.14 bits per heavy atom. The van der Waals surface area contributed by atoms with Crippen LogP contribution in [0.25, 0.3) is 0 Å². The Morgan fingerprint density at radius 1 is 1.43 bits per heavy atom. The van der Waals surface area contributed by atoms with E-state index >= 15 is 0 Å². The molecule has 0 aliphatic rings. The first kappa shape index (κ1) is 10.5. The van der Waals surface area contributed by atoms with Crippen LogP contribution in [0.2, 0.25) is 0 Å². The van der Waals surface area contributed by atoms with Crippen LogP contribution in [0.5, 0.6) is 0 Å². The lowest BCUT2D eigenvalue weighted by molar-refractivity contribution is 0.242. The number of hydrogen-bond acceptors (Lipinski definition) is 2. The Balaban J connectivity index is 2.54. The summed E-state index contributed by atoms with van der Waals surface area (Å²) >= 11 is 0. The molecule has 2 amide bonds. The number of carbonyl (C=O) groups is 1. The Labute approximate surface area is 82.9 Å². The predicted octanol–water partition coefficient (Wildman–Crippen LogP) is 0.608. The van der Waals surface area contributed by atoms with E-state index in [4.69, 9.17) is 5.11 Å². The first-order valence-electron chi connectivity index (χ1n) is 4.40. The lowest BCUT2D eigenvalue weighted by atomic mass is 10.1. The van der Waals surface area contributed by atoms with Gasteiger partial charge in [-0.25, -0.2) is 4.79 Å². The Bertz CT molecular complexity index is 313. The molecule has 0 aliphatic heterocycles. The monoisotopic (exact) mass is 194 g/mol. The smallest absolute Gasteiger partial charge is 0.314 e. The van der Waals surface area contributed by atoms with Crippen LogP contribution in [-0.4, -0.2) is 18.2 Å². The largest absolute Gasteiger partial charge is 0.392 e. The van der Waals surface area contributed by atoms with Crippen molar-refractivity contribution in [1.82, 2.24) is 10.6 Å². The second-order valence-electron chi connectivity index (χ2n) is 2.91. The van der Waals surface area contributed by atoms with Gasteiger partial charge in [-0.1, -0.05) is 24.3 Å². The number of urea groups is 1. The van der Waals surface area contributed by atoms with Gasteiger partial charge in [0.25, 0.3) is 0 Å². The van der Waals surface area contributed by atoms with Crippen LogP contribution >= 0.6 is 0 Å². The van der Waals surface area contributed by atoms with Crippen LogP contribution < -0.4 is 10.6 Å². The Kier molecular flexibility index (Phi) is 3.94. The third-order valence-corrected chi connectivity index (χ3v) is 1.85. The van der Waals surface area contributed by atoms with E-state index in [1.807, 2.05) is 24.3 Å². The number of nitrogens with one attached hydrogen (secondary N) is 2. The van der Waals surface area contributed by atoms with Gasteiger partial charge in [0.15, 0.2) is 0 Å². The fourth-order valence-corrected chi connectivity index (χ4v) is 1.11. The summed E-state index contributed by atoms with van der Waals surface area (Å²) in [5.74, 6) is 0. The molecular weight excluding hydrogens is 180 g/mol.